The number of carbonyl (C=O) groups excluding carboxylic acids is 2. The number of fused-ring (bicyclic) bond motifs is 1. The molecule has 1 aliphatic rings. The number of thioether (sulfide) groups is 1. The summed E-state index contributed by atoms with van der Waals surface area (Å²) in [6.07, 6.45) is 0. The second-order valence-electron chi connectivity index (χ2n) is 6.28. The SMILES string of the molecule is Cc1cc(C)nc(SCC(=O)OCC(=O)NC(C)c2ccc3c(c2)OCO3)n1. The number of carbonyl (C=O) groups is 2. The monoisotopic (exact) mass is 403 g/mol. The summed E-state index contributed by atoms with van der Waals surface area (Å²) in [7, 11) is 0. The van der Waals surface area contributed by atoms with Gasteiger partial charge in [0.05, 0.1) is 11.8 Å². The van der Waals surface area contributed by atoms with Gasteiger partial charge in [0.25, 0.3) is 5.91 Å². The smallest absolute Gasteiger partial charge is 0.316 e. The molecule has 1 aromatic heterocycles. The number of hydrogen-bond donors (Lipinski definition) is 1. The summed E-state index contributed by atoms with van der Waals surface area (Å²) in [4.78, 5) is 32.4. The highest BCUT2D eigenvalue weighted by molar-refractivity contribution is 7.99. The zero-order valence-electron chi connectivity index (χ0n) is 15.9. The van der Waals surface area contributed by atoms with Crippen LogP contribution in [-0.2, 0) is 14.3 Å². The minimum atomic E-state index is -0.501. The maximum absolute atomic E-state index is 12.1. The fourth-order valence-corrected chi connectivity index (χ4v) is 3.37. The van der Waals surface area contributed by atoms with E-state index >= 15 is 0 Å². The van der Waals surface area contributed by atoms with E-state index in [1.165, 1.54) is 11.8 Å². The topological polar surface area (TPSA) is 99.6 Å². The van der Waals surface area contributed by atoms with Crippen molar-refractivity contribution in [1.82, 2.24) is 15.3 Å². The largest absolute Gasteiger partial charge is 0.455 e. The molecule has 0 saturated carbocycles. The molecular formula is C19H21N3O5S. The van der Waals surface area contributed by atoms with Gasteiger partial charge >= 0.3 is 5.97 Å². The molecule has 1 aliphatic heterocycles. The number of esters is 1. The third-order valence-electron chi connectivity index (χ3n) is 3.92. The van der Waals surface area contributed by atoms with Crippen LogP contribution in [0.1, 0.15) is 29.9 Å². The van der Waals surface area contributed by atoms with Crippen LogP contribution in [0.5, 0.6) is 11.5 Å². The van der Waals surface area contributed by atoms with Crippen molar-refractivity contribution in [2.75, 3.05) is 19.2 Å². The van der Waals surface area contributed by atoms with Crippen LogP contribution >= 0.6 is 11.8 Å². The normalized spacial score (nSPS) is 13.1. The van der Waals surface area contributed by atoms with Crippen LogP contribution in [0.15, 0.2) is 29.4 Å². The Kier molecular flexibility index (Phi) is 6.35. The van der Waals surface area contributed by atoms with Crippen molar-refractivity contribution in [1.29, 1.82) is 0 Å². The molecule has 2 aromatic rings. The number of ether oxygens (including phenoxy) is 3. The molecular weight excluding hydrogens is 382 g/mol. The van der Waals surface area contributed by atoms with Gasteiger partial charge in [-0.05, 0) is 44.5 Å². The lowest BCUT2D eigenvalue weighted by molar-refractivity contribution is -0.146. The van der Waals surface area contributed by atoms with Crippen LogP contribution < -0.4 is 14.8 Å². The summed E-state index contributed by atoms with van der Waals surface area (Å²) < 4.78 is 15.6. The van der Waals surface area contributed by atoms with Crippen LogP contribution in [-0.4, -0.2) is 41.0 Å². The quantitative estimate of drug-likeness (QED) is 0.427. The van der Waals surface area contributed by atoms with Crippen molar-refractivity contribution in [3.63, 3.8) is 0 Å². The molecule has 8 nitrogen and oxygen atoms in total. The molecule has 1 aromatic carbocycles. The third kappa shape index (κ3) is 5.35. The van der Waals surface area contributed by atoms with Gasteiger partial charge in [-0.3, -0.25) is 9.59 Å². The molecule has 9 heteroatoms. The third-order valence-corrected chi connectivity index (χ3v) is 4.74. The van der Waals surface area contributed by atoms with E-state index in [1.807, 2.05) is 39.0 Å². The minimum absolute atomic E-state index is 0.0356. The zero-order valence-corrected chi connectivity index (χ0v) is 16.7. The van der Waals surface area contributed by atoms with E-state index in [9.17, 15) is 9.59 Å². The number of nitrogens with one attached hydrogen (secondary N) is 1. The molecule has 1 amide bonds. The van der Waals surface area contributed by atoms with Crippen molar-refractivity contribution in [2.24, 2.45) is 0 Å². The Hall–Kier alpha value is -2.81. The Morgan fingerprint density at radius 1 is 1.18 bits per heavy atom. The Bertz CT molecular complexity index is 870. The molecule has 0 radical (unpaired) electrons. The Morgan fingerprint density at radius 3 is 2.64 bits per heavy atom. The standard InChI is InChI=1S/C19H21N3O5S/c1-11-6-12(2)21-19(20-11)28-9-18(24)25-8-17(23)22-13(3)14-4-5-15-16(7-14)27-10-26-15/h4-7,13H,8-10H2,1-3H3,(H,22,23). The summed E-state index contributed by atoms with van der Waals surface area (Å²) in [6.45, 7) is 5.42. The van der Waals surface area contributed by atoms with Gasteiger partial charge in [-0.2, -0.15) is 0 Å². The second-order valence-corrected chi connectivity index (χ2v) is 7.23. The first-order valence-corrected chi connectivity index (χ1v) is 9.69. The van der Waals surface area contributed by atoms with E-state index < -0.39 is 5.97 Å². The molecule has 2 heterocycles. The molecule has 28 heavy (non-hydrogen) atoms. The lowest BCUT2D eigenvalue weighted by Crippen LogP contribution is -2.31. The van der Waals surface area contributed by atoms with Crippen molar-refractivity contribution in [3.05, 3.63) is 41.2 Å². The van der Waals surface area contributed by atoms with Gasteiger partial charge < -0.3 is 19.5 Å². The predicted molar refractivity (Wildman–Crippen MR) is 102 cm³/mol. The van der Waals surface area contributed by atoms with Crippen LogP contribution in [0, 0.1) is 13.8 Å². The fourth-order valence-electron chi connectivity index (χ4n) is 2.62. The summed E-state index contributed by atoms with van der Waals surface area (Å²) >= 11 is 1.18. The van der Waals surface area contributed by atoms with Gasteiger partial charge in [0, 0.05) is 11.4 Å². The molecule has 0 saturated heterocycles. The van der Waals surface area contributed by atoms with Crippen molar-refractivity contribution < 1.29 is 23.8 Å². The minimum Gasteiger partial charge on any atom is -0.455 e. The van der Waals surface area contributed by atoms with Crippen molar-refractivity contribution in [2.45, 2.75) is 32.0 Å². The van der Waals surface area contributed by atoms with Gasteiger partial charge in [0.15, 0.2) is 23.3 Å². The molecule has 3 rings (SSSR count). The Morgan fingerprint density at radius 2 is 1.89 bits per heavy atom. The highest BCUT2D eigenvalue weighted by Crippen LogP contribution is 2.34. The Balaban J connectivity index is 1.42. The van der Waals surface area contributed by atoms with E-state index in [0.29, 0.717) is 16.7 Å². The molecule has 0 aliphatic carbocycles. The number of hydrogen-bond acceptors (Lipinski definition) is 8. The van der Waals surface area contributed by atoms with E-state index in [-0.39, 0.29) is 31.1 Å². The number of aryl methyl sites for hydroxylation is 2. The lowest BCUT2D eigenvalue weighted by atomic mass is 10.1. The molecule has 0 bridgehead atoms. The summed E-state index contributed by atoms with van der Waals surface area (Å²) in [5.74, 6) is 0.482. The molecule has 0 spiro atoms. The average molecular weight is 403 g/mol. The predicted octanol–water partition coefficient (Wildman–Crippen LogP) is 2.33. The summed E-state index contributed by atoms with van der Waals surface area (Å²) in [6, 6.07) is 7.06. The van der Waals surface area contributed by atoms with Crippen LogP contribution in [0.4, 0.5) is 0 Å². The number of rotatable bonds is 7. The molecule has 1 atom stereocenters. The number of nitrogens with zero attached hydrogens (tertiary/aromatic N) is 2. The molecule has 0 fully saturated rings. The molecule has 148 valence electrons. The number of aromatic nitrogens is 2. The van der Waals surface area contributed by atoms with Crippen LogP contribution in [0.2, 0.25) is 0 Å². The van der Waals surface area contributed by atoms with Crippen LogP contribution in [0.3, 0.4) is 0 Å². The number of amides is 1. The van der Waals surface area contributed by atoms with E-state index in [0.717, 1.165) is 17.0 Å². The zero-order chi connectivity index (χ0) is 20.1. The molecule has 1 unspecified atom stereocenters. The van der Waals surface area contributed by atoms with Gasteiger partial charge in [-0.1, -0.05) is 17.8 Å². The molecule has 1 N–H and O–H groups in total. The second kappa shape index (κ2) is 8.92. The lowest BCUT2D eigenvalue weighted by Gasteiger charge is -2.15. The first-order chi connectivity index (χ1) is 13.4. The van der Waals surface area contributed by atoms with Gasteiger partial charge in [-0.25, -0.2) is 9.97 Å². The summed E-state index contributed by atoms with van der Waals surface area (Å²) in [5.41, 5.74) is 2.53. The maximum Gasteiger partial charge on any atom is 0.316 e. The summed E-state index contributed by atoms with van der Waals surface area (Å²) in [5, 5.41) is 3.30. The van der Waals surface area contributed by atoms with Gasteiger partial charge in [0.1, 0.15) is 0 Å². The highest BCUT2D eigenvalue weighted by atomic mass is 32.2. The van der Waals surface area contributed by atoms with Crippen molar-refractivity contribution >= 4 is 23.6 Å². The fraction of sp³-hybridized carbons (Fsp3) is 0.368. The van der Waals surface area contributed by atoms with Crippen molar-refractivity contribution in [3.8, 4) is 11.5 Å². The average Bonchev–Trinajstić information content (AvgIpc) is 3.11. The van der Waals surface area contributed by atoms with Gasteiger partial charge in [-0.15, -0.1) is 0 Å². The van der Waals surface area contributed by atoms with Gasteiger partial charge in [0.2, 0.25) is 6.79 Å². The first-order valence-electron chi connectivity index (χ1n) is 8.70. The van der Waals surface area contributed by atoms with E-state index in [4.69, 9.17) is 14.2 Å². The Labute approximate surface area is 167 Å². The van der Waals surface area contributed by atoms with Crippen LogP contribution in [0.25, 0.3) is 0 Å². The highest BCUT2D eigenvalue weighted by Gasteiger charge is 2.17. The van der Waals surface area contributed by atoms with E-state index in [1.54, 1.807) is 6.07 Å². The number of benzene rings is 1. The first kappa shape index (κ1) is 19.9. The van der Waals surface area contributed by atoms with E-state index in [2.05, 4.69) is 15.3 Å². The maximum atomic E-state index is 12.1.